The Hall–Kier alpha value is -3.17. The smallest absolute Gasteiger partial charge is 0.331 e. The van der Waals surface area contributed by atoms with Crippen LogP contribution in [-0.2, 0) is 16.0 Å². The summed E-state index contributed by atoms with van der Waals surface area (Å²) in [5, 5.41) is 0.650. The molecule has 0 aliphatic carbocycles. The molecule has 1 atom stereocenters. The molecule has 0 N–H and O–H groups in total. The first-order valence-corrected chi connectivity index (χ1v) is 9.76. The minimum Gasteiger partial charge on any atom is -0.460 e. The van der Waals surface area contributed by atoms with Crippen molar-refractivity contribution in [2.45, 2.75) is 12.5 Å². The number of nitrogens with zero attached hydrogens (tertiary/aromatic N) is 1. The summed E-state index contributed by atoms with van der Waals surface area (Å²) in [6.07, 6.45) is 1.96. The van der Waals surface area contributed by atoms with Crippen LogP contribution in [0, 0.1) is 0 Å². The fourth-order valence-corrected chi connectivity index (χ4v) is 3.05. The van der Waals surface area contributed by atoms with Gasteiger partial charge in [-0.15, -0.1) is 0 Å². The predicted octanol–water partition coefficient (Wildman–Crippen LogP) is 5.52. The van der Waals surface area contributed by atoms with Crippen molar-refractivity contribution in [1.29, 1.82) is 0 Å². The van der Waals surface area contributed by atoms with Crippen molar-refractivity contribution >= 4 is 23.3 Å². The Bertz CT molecular complexity index is 925. The number of hydrogen-bond donors (Lipinski definition) is 0. The number of benzene rings is 3. The minimum absolute atomic E-state index is 0.150. The molecular formula is C25H22ClNO2. The molecule has 3 aromatic carbocycles. The zero-order valence-electron chi connectivity index (χ0n) is 16.0. The zero-order chi connectivity index (χ0) is 20.5. The number of carbonyl (C=O) groups excluding carboxylic acids is 1. The van der Waals surface area contributed by atoms with Crippen LogP contribution in [0.4, 0.5) is 0 Å². The van der Waals surface area contributed by atoms with Crippen molar-refractivity contribution in [2.24, 2.45) is 4.99 Å². The van der Waals surface area contributed by atoms with E-state index in [2.05, 4.69) is 6.58 Å². The lowest BCUT2D eigenvalue weighted by Crippen LogP contribution is -2.26. The van der Waals surface area contributed by atoms with E-state index in [1.165, 1.54) is 0 Å². The standard InChI is InChI=1S/C25H22ClNO2/c1-2-17-29-25(28)23(18-19-13-15-22(26)16-14-19)27-24(20-9-5-3-6-10-20)21-11-7-4-8-12-21/h2-16,23H,1,17-18H2. The molecule has 3 rings (SSSR count). The van der Waals surface area contributed by atoms with Crippen LogP contribution >= 0.6 is 11.6 Å². The van der Waals surface area contributed by atoms with Gasteiger partial charge >= 0.3 is 5.97 Å². The average Bonchev–Trinajstić information content (AvgIpc) is 2.77. The van der Waals surface area contributed by atoms with E-state index >= 15 is 0 Å². The Balaban J connectivity index is 2.02. The molecule has 0 aromatic heterocycles. The summed E-state index contributed by atoms with van der Waals surface area (Å²) in [6.45, 7) is 3.76. The van der Waals surface area contributed by atoms with Crippen molar-refractivity contribution < 1.29 is 9.53 Å². The number of carbonyl (C=O) groups is 1. The topological polar surface area (TPSA) is 38.7 Å². The van der Waals surface area contributed by atoms with Crippen molar-refractivity contribution in [3.8, 4) is 0 Å². The highest BCUT2D eigenvalue weighted by Gasteiger charge is 2.21. The average molecular weight is 404 g/mol. The van der Waals surface area contributed by atoms with E-state index < -0.39 is 6.04 Å². The third kappa shape index (κ3) is 5.90. The maximum Gasteiger partial charge on any atom is 0.331 e. The highest BCUT2D eigenvalue weighted by molar-refractivity contribution is 6.30. The van der Waals surface area contributed by atoms with Crippen molar-refractivity contribution in [1.82, 2.24) is 0 Å². The van der Waals surface area contributed by atoms with E-state index in [0.29, 0.717) is 11.4 Å². The molecule has 29 heavy (non-hydrogen) atoms. The zero-order valence-corrected chi connectivity index (χ0v) is 16.8. The molecule has 3 aromatic rings. The second-order valence-corrected chi connectivity index (χ2v) is 6.91. The number of aliphatic imine (C=N–C) groups is 1. The van der Waals surface area contributed by atoms with Gasteiger partial charge in [-0.1, -0.05) is 97.1 Å². The quantitative estimate of drug-likeness (QED) is 0.282. The van der Waals surface area contributed by atoms with Gasteiger partial charge in [-0.3, -0.25) is 4.99 Å². The SMILES string of the molecule is C=CCOC(=O)C(Cc1ccc(Cl)cc1)N=C(c1ccccc1)c1ccccc1. The predicted molar refractivity (Wildman–Crippen MR) is 119 cm³/mol. The summed E-state index contributed by atoms with van der Waals surface area (Å²) >= 11 is 5.99. The second-order valence-electron chi connectivity index (χ2n) is 6.47. The fraction of sp³-hybridized carbons (Fsp3) is 0.120. The van der Waals surface area contributed by atoms with Gasteiger partial charge in [-0.25, -0.2) is 4.79 Å². The van der Waals surface area contributed by atoms with Crippen LogP contribution in [0.1, 0.15) is 16.7 Å². The van der Waals surface area contributed by atoms with Crippen LogP contribution in [0.25, 0.3) is 0 Å². The van der Waals surface area contributed by atoms with Crippen molar-refractivity contribution in [2.75, 3.05) is 6.61 Å². The molecule has 0 saturated heterocycles. The van der Waals surface area contributed by atoms with Gasteiger partial charge in [-0.05, 0) is 17.7 Å². The molecule has 0 heterocycles. The van der Waals surface area contributed by atoms with Crippen LogP contribution < -0.4 is 0 Å². The Morgan fingerprint density at radius 3 is 2.00 bits per heavy atom. The largest absolute Gasteiger partial charge is 0.460 e. The van der Waals surface area contributed by atoms with Crippen LogP contribution in [0.15, 0.2) is 103 Å². The fourth-order valence-electron chi connectivity index (χ4n) is 2.93. The molecule has 3 nitrogen and oxygen atoms in total. The molecule has 0 aliphatic heterocycles. The van der Waals surface area contributed by atoms with Crippen LogP contribution in [-0.4, -0.2) is 24.3 Å². The van der Waals surface area contributed by atoms with E-state index in [1.54, 1.807) is 6.08 Å². The number of esters is 1. The number of rotatable bonds is 8. The van der Waals surface area contributed by atoms with Gasteiger partial charge in [0.05, 0.1) is 5.71 Å². The van der Waals surface area contributed by atoms with Crippen LogP contribution in [0.5, 0.6) is 0 Å². The maximum absolute atomic E-state index is 12.8. The lowest BCUT2D eigenvalue weighted by Gasteiger charge is -2.15. The van der Waals surface area contributed by atoms with Gasteiger partial charge in [-0.2, -0.15) is 0 Å². The molecular weight excluding hydrogens is 382 g/mol. The summed E-state index contributed by atoms with van der Waals surface area (Å²) in [5.41, 5.74) is 3.59. The molecule has 0 radical (unpaired) electrons. The minimum atomic E-state index is -0.688. The Morgan fingerprint density at radius 1 is 0.931 bits per heavy atom. The third-order valence-corrected chi connectivity index (χ3v) is 4.59. The molecule has 146 valence electrons. The molecule has 0 amide bonds. The summed E-state index contributed by atoms with van der Waals surface area (Å²) in [4.78, 5) is 17.6. The molecule has 0 spiro atoms. The first kappa shape index (κ1) is 20.6. The van der Waals surface area contributed by atoms with Crippen molar-refractivity contribution in [3.05, 3.63) is 119 Å². The van der Waals surface area contributed by atoms with Gasteiger partial charge in [0.2, 0.25) is 0 Å². The van der Waals surface area contributed by atoms with Gasteiger partial charge in [0.1, 0.15) is 6.61 Å². The lowest BCUT2D eigenvalue weighted by molar-refractivity contribution is -0.143. The highest BCUT2D eigenvalue weighted by Crippen LogP contribution is 2.17. The summed E-state index contributed by atoms with van der Waals surface area (Å²) in [5.74, 6) is -0.385. The molecule has 4 heteroatoms. The van der Waals surface area contributed by atoms with E-state index in [0.717, 1.165) is 22.4 Å². The van der Waals surface area contributed by atoms with E-state index in [-0.39, 0.29) is 12.6 Å². The van der Waals surface area contributed by atoms with E-state index in [9.17, 15) is 4.79 Å². The van der Waals surface area contributed by atoms with E-state index in [1.807, 2.05) is 84.9 Å². The van der Waals surface area contributed by atoms with Gasteiger partial charge in [0, 0.05) is 22.6 Å². The molecule has 0 aliphatic rings. The third-order valence-electron chi connectivity index (χ3n) is 4.34. The highest BCUT2D eigenvalue weighted by atomic mass is 35.5. The maximum atomic E-state index is 12.8. The van der Waals surface area contributed by atoms with Crippen LogP contribution in [0.3, 0.4) is 0 Å². The summed E-state index contributed by atoms with van der Waals surface area (Å²) in [7, 11) is 0. The van der Waals surface area contributed by atoms with Gasteiger partial charge < -0.3 is 4.74 Å². The Kier molecular flexibility index (Phi) is 7.37. The second kappa shape index (κ2) is 10.4. The van der Waals surface area contributed by atoms with Gasteiger partial charge in [0.15, 0.2) is 6.04 Å². The van der Waals surface area contributed by atoms with Crippen molar-refractivity contribution in [3.63, 3.8) is 0 Å². The molecule has 0 bridgehead atoms. The summed E-state index contributed by atoms with van der Waals surface area (Å²) < 4.78 is 5.33. The van der Waals surface area contributed by atoms with E-state index in [4.69, 9.17) is 21.3 Å². The number of hydrogen-bond acceptors (Lipinski definition) is 3. The monoisotopic (exact) mass is 403 g/mol. The normalized spacial score (nSPS) is 11.3. The van der Waals surface area contributed by atoms with Crippen LogP contribution in [0.2, 0.25) is 5.02 Å². The Morgan fingerprint density at radius 2 is 1.48 bits per heavy atom. The number of halogens is 1. The Labute approximate surface area is 176 Å². The summed E-state index contributed by atoms with van der Waals surface area (Å²) in [6, 6.07) is 26.4. The van der Waals surface area contributed by atoms with Gasteiger partial charge in [0.25, 0.3) is 0 Å². The molecule has 0 saturated carbocycles. The lowest BCUT2D eigenvalue weighted by atomic mass is 10.0. The first-order valence-electron chi connectivity index (χ1n) is 9.38. The first-order chi connectivity index (χ1) is 14.2. The molecule has 1 unspecified atom stereocenters. The molecule has 0 fully saturated rings. The number of ether oxygens (including phenoxy) is 1.